The minimum Gasteiger partial charge on any atom is -0.508 e. The lowest BCUT2D eigenvalue weighted by molar-refractivity contribution is 0.469. The Bertz CT molecular complexity index is 610. The van der Waals surface area contributed by atoms with E-state index in [1.807, 2.05) is 0 Å². The maximum atomic E-state index is 13.2. The number of hydrogen-bond acceptors (Lipinski definition) is 3. The van der Waals surface area contributed by atoms with Crippen molar-refractivity contribution in [2.24, 2.45) is 0 Å². The van der Waals surface area contributed by atoms with Crippen LogP contribution in [0, 0.1) is 5.82 Å². The third-order valence-corrected chi connectivity index (χ3v) is 3.34. The summed E-state index contributed by atoms with van der Waals surface area (Å²) in [6, 6.07) is 3.75. The summed E-state index contributed by atoms with van der Waals surface area (Å²) in [5.41, 5.74) is 2.35. The molecule has 0 amide bonds. The Balaban J connectivity index is 2.15. The quantitative estimate of drug-likeness (QED) is 0.805. The standard InChI is InChI=1S/C13H10ClFN2O/c14-12-10-2-1-3-11(10)16-13(17-12)7-4-8(15)6-9(18)5-7/h4-6,18H,1-3H2. The molecule has 0 unspecified atom stereocenters. The van der Waals surface area contributed by atoms with Gasteiger partial charge in [-0.3, -0.25) is 0 Å². The molecule has 3 nitrogen and oxygen atoms in total. The zero-order valence-electron chi connectivity index (χ0n) is 9.45. The molecule has 18 heavy (non-hydrogen) atoms. The number of benzene rings is 1. The molecule has 5 heteroatoms. The van der Waals surface area contributed by atoms with E-state index in [2.05, 4.69) is 9.97 Å². The maximum absolute atomic E-state index is 13.2. The first-order chi connectivity index (χ1) is 8.63. The third-order valence-electron chi connectivity index (χ3n) is 3.02. The van der Waals surface area contributed by atoms with E-state index in [4.69, 9.17) is 11.6 Å². The van der Waals surface area contributed by atoms with E-state index in [0.717, 1.165) is 36.6 Å². The average molecular weight is 265 g/mol. The summed E-state index contributed by atoms with van der Waals surface area (Å²) in [5.74, 6) is -0.314. The first kappa shape index (κ1) is 11.4. The summed E-state index contributed by atoms with van der Waals surface area (Å²) in [6.07, 6.45) is 2.77. The van der Waals surface area contributed by atoms with Crippen molar-refractivity contribution in [1.82, 2.24) is 9.97 Å². The van der Waals surface area contributed by atoms with Crippen LogP contribution in [0.25, 0.3) is 11.4 Å². The highest BCUT2D eigenvalue weighted by Gasteiger charge is 2.19. The van der Waals surface area contributed by atoms with Crippen molar-refractivity contribution in [2.45, 2.75) is 19.3 Å². The second-order valence-corrected chi connectivity index (χ2v) is 4.67. The Morgan fingerprint density at radius 3 is 2.78 bits per heavy atom. The minimum absolute atomic E-state index is 0.148. The van der Waals surface area contributed by atoms with E-state index in [-0.39, 0.29) is 5.75 Å². The van der Waals surface area contributed by atoms with Gasteiger partial charge in [0.1, 0.15) is 16.7 Å². The Morgan fingerprint density at radius 2 is 2.00 bits per heavy atom. The van der Waals surface area contributed by atoms with Gasteiger partial charge in [-0.1, -0.05) is 11.6 Å². The van der Waals surface area contributed by atoms with Crippen molar-refractivity contribution in [1.29, 1.82) is 0 Å². The molecule has 1 aromatic heterocycles. The number of aryl methyl sites for hydroxylation is 1. The Labute approximate surface area is 108 Å². The second-order valence-electron chi connectivity index (χ2n) is 4.31. The largest absolute Gasteiger partial charge is 0.508 e. The molecule has 92 valence electrons. The van der Waals surface area contributed by atoms with Crippen LogP contribution in [-0.2, 0) is 12.8 Å². The smallest absolute Gasteiger partial charge is 0.161 e. The molecule has 0 saturated heterocycles. The molecule has 0 atom stereocenters. The van der Waals surface area contributed by atoms with Crippen molar-refractivity contribution >= 4 is 11.6 Å². The van der Waals surface area contributed by atoms with Gasteiger partial charge in [0.15, 0.2) is 5.82 Å². The van der Waals surface area contributed by atoms with Gasteiger partial charge in [0.2, 0.25) is 0 Å². The highest BCUT2D eigenvalue weighted by atomic mass is 35.5. The van der Waals surface area contributed by atoms with Crippen LogP contribution in [0.2, 0.25) is 5.15 Å². The number of halogens is 2. The van der Waals surface area contributed by atoms with E-state index >= 15 is 0 Å². The van der Waals surface area contributed by atoms with Crippen LogP contribution in [0.4, 0.5) is 4.39 Å². The molecule has 0 spiro atoms. The molecule has 0 fully saturated rings. The molecule has 1 N–H and O–H groups in total. The first-order valence-electron chi connectivity index (χ1n) is 5.69. The molecular weight excluding hydrogens is 255 g/mol. The fraction of sp³-hybridized carbons (Fsp3) is 0.231. The molecule has 1 heterocycles. The van der Waals surface area contributed by atoms with Crippen molar-refractivity contribution < 1.29 is 9.50 Å². The molecule has 0 bridgehead atoms. The Hall–Kier alpha value is -1.68. The van der Waals surface area contributed by atoms with E-state index in [1.165, 1.54) is 12.1 Å². The van der Waals surface area contributed by atoms with Crippen molar-refractivity contribution in [3.8, 4) is 17.1 Å². The molecule has 1 aliphatic carbocycles. The highest BCUT2D eigenvalue weighted by Crippen LogP contribution is 2.30. The van der Waals surface area contributed by atoms with Crippen LogP contribution < -0.4 is 0 Å². The fourth-order valence-corrected chi connectivity index (χ4v) is 2.50. The van der Waals surface area contributed by atoms with Crippen LogP contribution in [0.5, 0.6) is 5.75 Å². The number of nitrogens with zero attached hydrogens (tertiary/aromatic N) is 2. The SMILES string of the molecule is Oc1cc(F)cc(-c2nc(Cl)c3c(n2)CCC3)c1. The summed E-state index contributed by atoms with van der Waals surface area (Å²) >= 11 is 6.10. The van der Waals surface area contributed by atoms with Gasteiger partial charge in [-0.05, 0) is 31.4 Å². The zero-order valence-corrected chi connectivity index (χ0v) is 10.2. The molecule has 1 aliphatic rings. The number of aromatic nitrogens is 2. The third kappa shape index (κ3) is 1.93. The lowest BCUT2D eigenvalue weighted by atomic mass is 10.2. The number of phenols is 1. The minimum atomic E-state index is -0.523. The fourth-order valence-electron chi connectivity index (χ4n) is 2.22. The summed E-state index contributed by atoms with van der Waals surface area (Å²) in [7, 11) is 0. The van der Waals surface area contributed by atoms with Gasteiger partial charge < -0.3 is 5.11 Å². The van der Waals surface area contributed by atoms with E-state index < -0.39 is 5.82 Å². The molecule has 0 aliphatic heterocycles. The van der Waals surface area contributed by atoms with E-state index in [9.17, 15) is 9.50 Å². The predicted octanol–water partition coefficient (Wildman–Crippen LogP) is 3.13. The number of aromatic hydroxyl groups is 1. The summed E-state index contributed by atoms with van der Waals surface area (Å²) < 4.78 is 13.2. The number of phenolic OH excluding ortho intramolecular Hbond substituents is 1. The second kappa shape index (κ2) is 4.21. The monoisotopic (exact) mass is 264 g/mol. The van der Waals surface area contributed by atoms with Gasteiger partial charge in [-0.25, -0.2) is 14.4 Å². The Morgan fingerprint density at radius 1 is 1.17 bits per heavy atom. The number of fused-ring (bicyclic) bond motifs is 1. The zero-order chi connectivity index (χ0) is 12.7. The molecule has 1 aromatic carbocycles. The van der Waals surface area contributed by atoms with Gasteiger partial charge in [0.05, 0.1) is 0 Å². The van der Waals surface area contributed by atoms with Crippen LogP contribution in [-0.4, -0.2) is 15.1 Å². The highest BCUT2D eigenvalue weighted by molar-refractivity contribution is 6.30. The normalized spacial score (nSPS) is 13.7. The van der Waals surface area contributed by atoms with Crippen LogP contribution >= 0.6 is 11.6 Å². The van der Waals surface area contributed by atoms with Crippen LogP contribution in [0.15, 0.2) is 18.2 Å². The summed E-state index contributed by atoms with van der Waals surface area (Å²) in [4.78, 5) is 8.57. The van der Waals surface area contributed by atoms with Gasteiger partial charge in [-0.15, -0.1) is 0 Å². The number of rotatable bonds is 1. The lowest BCUT2D eigenvalue weighted by Gasteiger charge is -2.06. The molecule has 3 rings (SSSR count). The topological polar surface area (TPSA) is 46.0 Å². The van der Waals surface area contributed by atoms with Crippen molar-refractivity contribution in [2.75, 3.05) is 0 Å². The average Bonchev–Trinajstić information content (AvgIpc) is 2.76. The predicted molar refractivity (Wildman–Crippen MR) is 66.1 cm³/mol. The van der Waals surface area contributed by atoms with Crippen molar-refractivity contribution in [3.63, 3.8) is 0 Å². The Kier molecular flexibility index (Phi) is 2.67. The first-order valence-corrected chi connectivity index (χ1v) is 6.06. The number of hydrogen-bond donors (Lipinski definition) is 1. The van der Waals surface area contributed by atoms with Gasteiger partial charge in [-0.2, -0.15) is 0 Å². The van der Waals surface area contributed by atoms with Gasteiger partial charge in [0, 0.05) is 22.9 Å². The summed E-state index contributed by atoms with van der Waals surface area (Å²) in [6.45, 7) is 0. The summed E-state index contributed by atoms with van der Waals surface area (Å²) in [5, 5.41) is 9.82. The van der Waals surface area contributed by atoms with E-state index in [0.29, 0.717) is 16.5 Å². The molecule has 0 radical (unpaired) electrons. The van der Waals surface area contributed by atoms with E-state index in [1.54, 1.807) is 0 Å². The van der Waals surface area contributed by atoms with Crippen molar-refractivity contribution in [3.05, 3.63) is 40.4 Å². The molecular formula is C13H10ClFN2O. The maximum Gasteiger partial charge on any atom is 0.161 e. The van der Waals surface area contributed by atoms with Gasteiger partial charge >= 0.3 is 0 Å². The molecule has 0 saturated carbocycles. The van der Waals surface area contributed by atoms with Gasteiger partial charge in [0.25, 0.3) is 0 Å². The molecule has 2 aromatic rings. The van der Waals surface area contributed by atoms with Crippen LogP contribution in [0.3, 0.4) is 0 Å². The van der Waals surface area contributed by atoms with Crippen LogP contribution in [0.1, 0.15) is 17.7 Å². The lowest BCUT2D eigenvalue weighted by Crippen LogP contribution is -1.97.